The summed E-state index contributed by atoms with van der Waals surface area (Å²) in [7, 11) is 0. The highest BCUT2D eigenvalue weighted by Crippen LogP contribution is 2.33. The zero-order valence-corrected chi connectivity index (χ0v) is 10.2. The van der Waals surface area contributed by atoms with Gasteiger partial charge in [0.25, 0.3) is 0 Å². The van der Waals surface area contributed by atoms with E-state index in [0.29, 0.717) is 6.61 Å². The molecule has 0 spiro atoms. The van der Waals surface area contributed by atoms with Crippen molar-refractivity contribution in [2.24, 2.45) is 0 Å². The molecule has 2 N–H and O–H groups in total. The number of likely N-dealkylation sites (N-methyl/N-ethyl adjacent to an activating group) is 1. The van der Waals surface area contributed by atoms with Crippen LogP contribution < -0.4 is 15.4 Å². The second-order valence-electron chi connectivity index (χ2n) is 4.08. The first-order valence-electron chi connectivity index (χ1n) is 6.07. The van der Waals surface area contributed by atoms with Crippen molar-refractivity contribution in [2.75, 3.05) is 18.5 Å². The van der Waals surface area contributed by atoms with Gasteiger partial charge in [0, 0.05) is 17.3 Å². The first-order chi connectivity index (χ1) is 8.26. The van der Waals surface area contributed by atoms with Crippen LogP contribution in [0.3, 0.4) is 0 Å². The number of hydrogen-bond acceptors (Lipinski definition) is 3. The number of rotatable bonds is 5. The lowest BCUT2D eigenvalue weighted by atomic mass is 10.1. The van der Waals surface area contributed by atoms with Crippen LogP contribution >= 0.6 is 0 Å². The van der Waals surface area contributed by atoms with Crippen LogP contribution in [0.5, 0.6) is 5.75 Å². The van der Waals surface area contributed by atoms with Crippen molar-refractivity contribution in [1.29, 1.82) is 0 Å². The number of benzene rings is 1. The van der Waals surface area contributed by atoms with Gasteiger partial charge in [-0.25, -0.2) is 0 Å². The van der Waals surface area contributed by atoms with Gasteiger partial charge in [-0.3, -0.25) is 4.79 Å². The Morgan fingerprint density at radius 3 is 2.94 bits per heavy atom. The van der Waals surface area contributed by atoms with Crippen LogP contribution in [0.1, 0.15) is 31.9 Å². The molecule has 1 aliphatic heterocycles. The van der Waals surface area contributed by atoms with Gasteiger partial charge in [0.15, 0.2) is 0 Å². The van der Waals surface area contributed by atoms with Crippen LogP contribution in [-0.2, 0) is 4.79 Å². The molecule has 0 radical (unpaired) electrons. The highest BCUT2D eigenvalue weighted by Gasteiger charge is 2.29. The quantitative estimate of drug-likeness (QED) is 0.820. The van der Waals surface area contributed by atoms with Crippen LogP contribution in [0.2, 0.25) is 0 Å². The molecule has 4 nitrogen and oxygen atoms in total. The van der Waals surface area contributed by atoms with Gasteiger partial charge in [0.1, 0.15) is 11.8 Å². The maximum absolute atomic E-state index is 11.7. The summed E-state index contributed by atoms with van der Waals surface area (Å²) >= 11 is 0. The van der Waals surface area contributed by atoms with E-state index in [1.807, 2.05) is 25.1 Å². The fourth-order valence-electron chi connectivity index (χ4n) is 1.96. The highest BCUT2D eigenvalue weighted by molar-refractivity contribution is 6.02. The van der Waals surface area contributed by atoms with E-state index in [4.69, 9.17) is 4.74 Å². The first kappa shape index (κ1) is 11.9. The van der Waals surface area contributed by atoms with E-state index in [1.54, 1.807) is 0 Å². The minimum atomic E-state index is -0.227. The van der Waals surface area contributed by atoms with Crippen molar-refractivity contribution >= 4 is 11.6 Å². The summed E-state index contributed by atoms with van der Waals surface area (Å²) in [6.45, 7) is 5.52. The average Bonchev–Trinajstić information content (AvgIpc) is 2.63. The Morgan fingerprint density at radius 1 is 1.41 bits per heavy atom. The molecule has 92 valence electrons. The predicted octanol–water partition coefficient (Wildman–Crippen LogP) is 2.08. The summed E-state index contributed by atoms with van der Waals surface area (Å²) in [5.41, 5.74) is 1.86. The topological polar surface area (TPSA) is 50.4 Å². The number of hydrogen-bond donors (Lipinski definition) is 2. The lowest BCUT2D eigenvalue weighted by Gasteiger charge is -2.10. The molecule has 1 aliphatic rings. The lowest BCUT2D eigenvalue weighted by molar-refractivity contribution is -0.117. The SMILES string of the molecule is CCCOc1ccc2c(c1)NC(=O)C2NCC. The standard InChI is InChI=1S/C13H18N2O2/c1-3-7-17-9-5-6-10-11(8-9)15-13(16)12(10)14-4-2/h5-6,8,12,14H,3-4,7H2,1-2H3,(H,15,16). The molecule has 17 heavy (non-hydrogen) atoms. The van der Waals surface area contributed by atoms with E-state index >= 15 is 0 Å². The summed E-state index contributed by atoms with van der Waals surface area (Å²) in [6.07, 6.45) is 0.976. The smallest absolute Gasteiger partial charge is 0.246 e. The fraction of sp³-hybridized carbons (Fsp3) is 0.462. The summed E-state index contributed by atoms with van der Waals surface area (Å²) in [4.78, 5) is 11.7. The van der Waals surface area contributed by atoms with E-state index in [2.05, 4.69) is 17.6 Å². The molecule has 4 heteroatoms. The van der Waals surface area contributed by atoms with Crippen molar-refractivity contribution in [3.05, 3.63) is 23.8 Å². The largest absolute Gasteiger partial charge is 0.494 e. The number of amides is 1. The molecule has 1 heterocycles. The number of carbonyl (C=O) groups excluding carboxylic acids is 1. The van der Waals surface area contributed by atoms with Gasteiger partial charge in [0.05, 0.1) is 6.61 Å². The fourth-order valence-corrected chi connectivity index (χ4v) is 1.96. The molecule has 1 aromatic rings. The molecule has 0 saturated carbocycles. The number of nitrogens with one attached hydrogen (secondary N) is 2. The van der Waals surface area contributed by atoms with E-state index in [-0.39, 0.29) is 11.9 Å². The van der Waals surface area contributed by atoms with Crippen molar-refractivity contribution in [3.8, 4) is 5.75 Å². The molecule has 1 aromatic carbocycles. The van der Waals surface area contributed by atoms with Gasteiger partial charge in [0.2, 0.25) is 5.91 Å². The summed E-state index contributed by atoms with van der Waals surface area (Å²) < 4.78 is 5.54. The van der Waals surface area contributed by atoms with Gasteiger partial charge < -0.3 is 15.4 Å². The molecular formula is C13H18N2O2. The van der Waals surface area contributed by atoms with Crippen LogP contribution in [0.15, 0.2) is 18.2 Å². The van der Waals surface area contributed by atoms with E-state index in [9.17, 15) is 4.79 Å². The lowest BCUT2D eigenvalue weighted by Crippen LogP contribution is -2.27. The Balaban J connectivity index is 2.18. The van der Waals surface area contributed by atoms with E-state index < -0.39 is 0 Å². The van der Waals surface area contributed by atoms with Crippen molar-refractivity contribution in [1.82, 2.24) is 5.32 Å². The molecule has 1 unspecified atom stereocenters. The maximum atomic E-state index is 11.7. The summed E-state index contributed by atoms with van der Waals surface area (Å²) in [5.74, 6) is 0.817. The van der Waals surface area contributed by atoms with Crippen molar-refractivity contribution in [3.63, 3.8) is 0 Å². The second kappa shape index (κ2) is 5.19. The Morgan fingerprint density at radius 2 is 2.24 bits per heavy atom. The van der Waals surface area contributed by atoms with Crippen LogP contribution in [0.25, 0.3) is 0 Å². The van der Waals surface area contributed by atoms with Gasteiger partial charge in [-0.1, -0.05) is 19.9 Å². The Kier molecular flexibility index (Phi) is 3.64. The summed E-state index contributed by atoms with van der Waals surface area (Å²) in [6, 6.07) is 5.53. The molecule has 1 amide bonds. The van der Waals surface area contributed by atoms with Crippen LogP contribution in [0, 0.1) is 0 Å². The van der Waals surface area contributed by atoms with Crippen LogP contribution in [-0.4, -0.2) is 19.1 Å². The molecule has 0 aliphatic carbocycles. The zero-order valence-electron chi connectivity index (χ0n) is 10.2. The third-order valence-corrected chi connectivity index (χ3v) is 2.74. The second-order valence-corrected chi connectivity index (χ2v) is 4.08. The molecule has 0 saturated heterocycles. The number of carbonyl (C=O) groups is 1. The molecule has 2 rings (SSSR count). The van der Waals surface area contributed by atoms with E-state index in [1.165, 1.54) is 0 Å². The third kappa shape index (κ3) is 2.42. The van der Waals surface area contributed by atoms with Gasteiger partial charge in [-0.15, -0.1) is 0 Å². The molecule has 0 bridgehead atoms. The molecular weight excluding hydrogens is 216 g/mol. The first-order valence-corrected chi connectivity index (χ1v) is 6.07. The van der Waals surface area contributed by atoms with Gasteiger partial charge in [-0.05, 0) is 19.0 Å². The average molecular weight is 234 g/mol. The molecule has 0 fully saturated rings. The Bertz CT molecular complexity index is 418. The minimum Gasteiger partial charge on any atom is -0.494 e. The number of fused-ring (bicyclic) bond motifs is 1. The number of ether oxygens (including phenoxy) is 1. The van der Waals surface area contributed by atoms with Crippen molar-refractivity contribution < 1.29 is 9.53 Å². The highest BCUT2D eigenvalue weighted by atomic mass is 16.5. The number of anilines is 1. The van der Waals surface area contributed by atoms with Crippen molar-refractivity contribution in [2.45, 2.75) is 26.3 Å². The molecule has 1 atom stereocenters. The van der Waals surface area contributed by atoms with Gasteiger partial charge in [-0.2, -0.15) is 0 Å². The Hall–Kier alpha value is -1.55. The summed E-state index contributed by atoms with van der Waals surface area (Å²) in [5, 5.41) is 6.03. The Labute approximate surface area is 101 Å². The normalized spacial score (nSPS) is 17.8. The van der Waals surface area contributed by atoms with Gasteiger partial charge >= 0.3 is 0 Å². The predicted molar refractivity (Wildman–Crippen MR) is 67.3 cm³/mol. The minimum absolute atomic E-state index is 0.00879. The zero-order chi connectivity index (χ0) is 12.3. The van der Waals surface area contributed by atoms with E-state index in [0.717, 1.165) is 30.0 Å². The monoisotopic (exact) mass is 234 g/mol. The molecule has 0 aromatic heterocycles. The van der Waals surface area contributed by atoms with Crippen LogP contribution in [0.4, 0.5) is 5.69 Å². The third-order valence-electron chi connectivity index (χ3n) is 2.74. The maximum Gasteiger partial charge on any atom is 0.246 e.